The zero-order valence-electron chi connectivity index (χ0n) is 25.5. The van der Waals surface area contributed by atoms with Crippen molar-refractivity contribution in [1.29, 1.82) is 0 Å². The van der Waals surface area contributed by atoms with Gasteiger partial charge in [-0.05, 0) is 61.8 Å². The third kappa shape index (κ3) is 4.17. The molecule has 0 fully saturated rings. The van der Waals surface area contributed by atoms with Gasteiger partial charge in [0.05, 0.1) is 0 Å². The van der Waals surface area contributed by atoms with Crippen molar-refractivity contribution >= 4 is 43.5 Å². The number of hydrogen-bond donors (Lipinski definition) is 0. The van der Waals surface area contributed by atoms with Crippen LogP contribution in [0.3, 0.4) is 0 Å². The highest BCUT2D eigenvalue weighted by Gasteiger charge is 2.18. The minimum atomic E-state index is 0.924. The molecule has 0 aliphatic heterocycles. The average molecular weight is 587 g/mol. The minimum Gasteiger partial charge on any atom is -0.455 e. The third-order valence-electron chi connectivity index (χ3n) is 9.37. The normalized spacial score (nSPS) is 11.6. The highest BCUT2D eigenvalue weighted by atomic mass is 16.3. The lowest BCUT2D eigenvalue weighted by molar-refractivity contribution is 0.671. The maximum atomic E-state index is 6.74. The highest BCUT2D eigenvalue weighted by molar-refractivity contribution is 6.21. The van der Waals surface area contributed by atoms with Crippen LogP contribution in [0, 0.1) is 6.92 Å². The highest BCUT2D eigenvalue weighted by Crippen LogP contribution is 2.44. The lowest BCUT2D eigenvalue weighted by atomic mass is 9.85. The van der Waals surface area contributed by atoms with Gasteiger partial charge in [0.15, 0.2) is 0 Å². The molecule has 0 radical (unpaired) electrons. The molecule has 0 aliphatic rings. The SMILES string of the molecule is Cc1ccc(-c2cccc3c2oc2c(-c4ccc(-c5c6ccccc6c(-c6ccccc6)c6ccccc56)cc4)cccc23)cc1. The summed E-state index contributed by atoms with van der Waals surface area (Å²) in [4.78, 5) is 0. The molecule has 0 saturated heterocycles. The van der Waals surface area contributed by atoms with E-state index < -0.39 is 0 Å². The van der Waals surface area contributed by atoms with Crippen LogP contribution in [0.5, 0.6) is 0 Å². The molecule has 0 amide bonds. The molecule has 0 bridgehead atoms. The van der Waals surface area contributed by atoms with Crippen molar-refractivity contribution in [3.63, 3.8) is 0 Å². The summed E-state index contributed by atoms with van der Waals surface area (Å²) in [5, 5.41) is 7.33. The van der Waals surface area contributed by atoms with Gasteiger partial charge in [0.25, 0.3) is 0 Å². The quantitative estimate of drug-likeness (QED) is 0.187. The Morgan fingerprint density at radius 3 is 1.15 bits per heavy atom. The van der Waals surface area contributed by atoms with E-state index in [2.05, 4.69) is 171 Å². The van der Waals surface area contributed by atoms with Crippen molar-refractivity contribution < 1.29 is 4.42 Å². The lowest BCUT2D eigenvalue weighted by Gasteiger charge is -2.18. The van der Waals surface area contributed by atoms with E-state index in [0.717, 1.165) is 38.6 Å². The topological polar surface area (TPSA) is 13.1 Å². The molecule has 0 saturated carbocycles. The van der Waals surface area contributed by atoms with Crippen LogP contribution in [-0.4, -0.2) is 0 Å². The van der Waals surface area contributed by atoms with Gasteiger partial charge >= 0.3 is 0 Å². The molecule has 0 N–H and O–H groups in total. The van der Waals surface area contributed by atoms with E-state index >= 15 is 0 Å². The van der Waals surface area contributed by atoms with Gasteiger partial charge in [-0.25, -0.2) is 0 Å². The van der Waals surface area contributed by atoms with E-state index in [9.17, 15) is 0 Å². The van der Waals surface area contributed by atoms with E-state index in [1.165, 1.54) is 54.9 Å². The molecule has 1 nitrogen and oxygen atoms in total. The molecule has 8 aromatic carbocycles. The molecule has 0 unspecified atom stereocenters. The van der Waals surface area contributed by atoms with Crippen LogP contribution in [0.4, 0.5) is 0 Å². The fourth-order valence-corrected chi connectivity index (χ4v) is 7.18. The van der Waals surface area contributed by atoms with Gasteiger partial charge in [-0.2, -0.15) is 0 Å². The summed E-state index contributed by atoms with van der Waals surface area (Å²) in [7, 11) is 0. The second-order valence-corrected chi connectivity index (χ2v) is 12.1. The number of benzene rings is 8. The Morgan fingerprint density at radius 2 is 0.674 bits per heavy atom. The van der Waals surface area contributed by atoms with Gasteiger partial charge in [0.2, 0.25) is 0 Å². The maximum absolute atomic E-state index is 6.74. The summed E-state index contributed by atoms with van der Waals surface area (Å²) in [5.41, 5.74) is 12.6. The first-order valence-electron chi connectivity index (χ1n) is 15.9. The summed E-state index contributed by atoms with van der Waals surface area (Å²) in [6, 6.07) is 59.0. The van der Waals surface area contributed by atoms with Crippen LogP contribution in [0.25, 0.3) is 88.0 Å². The predicted molar refractivity (Wildman–Crippen MR) is 195 cm³/mol. The Morgan fingerprint density at radius 1 is 0.304 bits per heavy atom. The Balaban J connectivity index is 1.21. The lowest BCUT2D eigenvalue weighted by Crippen LogP contribution is -1.90. The third-order valence-corrected chi connectivity index (χ3v) is 9.37. The number of hydrogen-bond acceptors (Lipinski definition) is 1. The smallest absolute Gasteiger partial charge is 0.143 e. The van der Waals surface area contributed by atoms with Crippen LogP contribution >= 0.6 is 0 Å². The summed E-state index contributed by atoms with van der Waals surface area (Å²) < 4.78 is 6.74. The molecule has 1 heterocycles. The van der Waals surface area contributed by atoms with E-state index in [-0.39, 0.29) is 0 Å². The van der Waals surface area contributed by atoms with Crippen LogP contribution in [0.1, 0.15) is 5.56 Å². The Bertz CT molecular complexity index is 2490. The van der Waals surface area contributed by atoms with Crippen molar-refractivity contribution in [2.45, 2.75) is 6.92 Å². The molecule has 46 heavy (non-hydrogen) atoms. The number of fused-ring (bicyclic) bond motifs is 5. The van der Waals surface area contributed by atoms with Crippen molar-refractivity contribution in [1.82, 2.24) is 0 Å². The second-order valence-electron chi connectivity index (χ2n) is 12.1. The van der Waals surface area contributed by atoms with Gasteiger partial charge in [-0.1, -0.05) is 169 Å². The fraction of sp³-hybridized carbons (Fsp3) is 0.0222. The molecule has 1 heteroatoms. The summed E-state index contributed by atoms with van der Waals surface area (Å²) in [6.07, 6.45) is 0. The van der Waals surface area contributed by atoms with Crippen molar-refractivity contribution in [3.05, 3.63) is 169 Å². The van der Waals surface area contributed by atoms with Crippen molar-refractivity contribution in [2.24, 2.45) is 0 Å². The molecule has 0 atom stereocenters. The first-order chi connectivity index (χ1) is 22.7. The monoisotopic (exact) mass is 586 g/mol. The van der Waals surface area contributed by atoms with Crippen molar-refractivity contribution in [3.8, 4) is 44.5 Å². The molecular weight excluding hydrogens is 556 g/mol. The zero-order chi connectivity index (χ0) is 30.6. The largest absolute Gasteiger partial charge is 0.455 e. The molecule has 216 valence electrons. The number of para-hydroxylation sites is 2. The maximum Gasteiger partial charge on any atom is 0.143 e. The van der Waals surface area contributed by atoms with E-state index in [1.807, 2.05) is 0 Å². The Hall–Kier alpha value is -5.92. The number of aryl methyl sites for hydroxylation is 1. The second kappa shape index (κ2) is 10.6. The summed E-state index contributed by atoms with van der Waals surface area (Å²) in [5.74, 6) is 0. The van der Waals surface area contributed by atoms with Crippen LogP contribution in [0.15, 0.2) is 168 Å². The van der Waals surface area contributed by atoms with Gasteiger partial charge in [-0.15, -0.1) is 0 Å². The Labute approximate surface area is 268 Å². The fourth-order valence-electron chi connectivity index (χ4n) is 7.18. The van der Waals surface area contributed by atoms with Crippen molar-refractivity contribution in [2.75, 3.05) is 0 Å². The standard InChI is InChI=1S/C45H30O/c1-29-21-23-30(24-22-29)34-17-9-19-40-41-20-10-18-35(45(41)46-44(34)40)31-25-27-33(28-26-31)43-38-15-7-5-13-36(38)42(32-11-3-2-4-12-32)37-14-6-8-16-39(37)43/h2-28H,1H3. The molecule has 9 rings (SSSR count). The summed E-state index contributed by atoms with van der Waals surface area (Å²) in [6.45, 7) is 2.12. The minimum absolute atomic E-state index is 0.924. The van der Waals surface area contributed by atoms with Gasteiger partial charge in [0, 0.05) is 21.9 Å². The molecule has 0 aliphatic carbocycles. The van der Waals surface area contributed by atoms with Gasteiger partial charge in [-0.3, -0.25) is 0 Å². The molecule has 0 spiro atoms. The molecule has 9 aromatic rings. The first-order valence-corrected chi connectivity index (χ1v) is 15.9. The average Bonchev–Trinajstić information content (AvgIpc) is 3.51. The molecule has 1 aromatic heterocycles. The van der Waals surface area contributed by atoms with E-state index in [0.29, 0.717) is 0 Å². The van der Waals surface area contributed by atoms with Gasteiger partial charge in [0.1, 0.15) is 11.2 Å². The van der Waals surface area contributed by atoms with Gasteiger partial charge < -0.3 is 4.42 Å². The zero-order valence-corrected chi connectivity index (χ0v) is 25.5. The number of rotatable bonds is 4. The first kappa shape index (κ1) is 26.5. The van der Waals surface area contributed by atoms with E-state index in [4.69, 9.17) is 4.42 Å². The van der Waals surface area contributed by atoms with E-state index in [1.54, 1.807) is 0 Å². The summed E-state index contributed by atoms with van der Waals surface area (Å²) >= 11 is 0. The molecular formula is C45H30O. The van der Waals surface area contributed by atoms with Crippen LogP contribution in [0.2, 0.25) is 0 Å². The number of furan rings is 1. The predicted octanol–water partition coefficient (Wildman–Crippen LogP) is 12.9. The van der Waals surface area contributed by atoms with Crippen LogP contribution < -0.4 is 0 Å². The Kier molecular flexibility index (Phi) is 6.11. The van der Waals surface area contributed by atoms with Crippen LogP contribution in [-0.2, 0) is 0 Å².